The van der Waals surface area contributed by atoms with Crippen molar-refractivity contribution in [1.29, 1.82) is 0 Å². The summed E-state index contributed by atoms with van der Waals surface area (Å²) in [6.07, 6.45) is 10.3. The molecule has 0 radical (unpaired) electrons. The van der Waals surface area contributed by atoms with Crippen molar-refractivity contribution in [3.63, 3.8) is 0 Å². The predicted octanol–water partition coefficient (Wildman–Crippen LogP) is 5.54. The minimum absolute atomic E-state index is 0.119. The maximum atomic E-state index is 13.2. The Morgan fingerprint density at radius 2 is 1.76 bits per heavy atom. The lowest BCUT2D eigenvalue weighted by molar-refractivity contribution is -0.252. The second-order valence-corrected chi connectivity index (χ2v) is 13.6. The van der Waals surface area contributed by atoms with Crippen LogP contribution in [0.3, 0.4) is 0 Å². The molecule has 2 saturated heterocycles. The molecule has 5 nitrogen and oxygen atoms in total. The molecule has 0 aromatic carbocycles. The number of hydrogen-bond acceptors (Lipinski definition) is 5. The lowest BCUT2D eigenvalue weighted by Crippen LogP contribution is -2.56. The standard InChI is InChI=1S/C29H44O5/c1-16-12-25(31)29(32-15-16)17(2)26-24(34-29)14-23-21-7-6-19-13-20(33-18(3)30)8-10-27(19,4)22(21)9-11-28(23,26)5/h16-17,19-24,26H,6-15H2,1-5H3/t16-,17-,19+,20+,21+,22-,23-,24-,26-,27-,28-,29-/m0/s1. The molecule has 4 aliphatic carbocycles. The Bertz CT molecular complexity index is 871. The fourth-order valence-electron chi connectivity index (χ4n) is 10.5. The zero-order valence-electron chi connectivity index (χ0n) is 21.8. The monoisotopic (exact) mass is 472 g/mol. The molecule has 4 saturated carbocycles. The zero-order valence-corrected chi connectivity index (χ0v) is 21.8. The van der Waals surface area contributed by atoms with Crippen LogP contribution >= 0.6 is 0 Å². The summed E-state index contributed by atoms with van der Waals surface area (Å²) in [7, 11) is 0. The molecule has 12 atom stereocenters. The summed E-state index contributed by atoms with van der Waals surface area (Å²) in [5, 5.41) is 0. The Hall–Kier alpha value is -0.940. The van der Waals surface area contributed by atoms with Crippen LogP contribution < -0.4 is 0 Å². The molecule has 0 unspecified atom stereocenters. The molecule has 0 aromatic heterocycles. The van der Waals surface area contributed by atoms with Gasteiger partial charge in [-0.25, -0.2) is 0 Å². The second kappa shape index (κ2) is 7.78. The van der Waals surface area contributed by atoms with Gasteiger partial charge in [-0.2, -0.15) is 0 Å². The van der Waals surface area contributed by atoms with Crippen LogP contribution in [0, 0.1) is 52.3 Å². The number of ether oxygens (including phenoxy) is 3. The largest absolute Gasteiger partial charge is 0.463 e. The highest BCUT2D eigenvalue weighted by atomic mass is 16.7. The topological polar surface area (TPSA) is 61.8 Å². The third-order valence-electron chi connectivity index (χ3n) is 12.0. The zero-order chi connectivity index (χ0) is 24.0. The van der Waals surface area contributed by atoms with E-state index in [1.54, 1.807) is 6.92 Å². The van der Waals surface area contributed by atoms with Crippen LogP contribution in [0.4, 0.5) is 0 Å². The van der Waals surface area contributed by atoms with Gasteiger partial charge in [-0.3, -0.25) is 9.59 Å². The molecule has 1 spiro atoms. The minimum atomic E-state index is -0.981. The van der Waals surface area contributed by atoms with Crippen LogP contribution in [0.5, 0.6) is 0 Å². The lowest BCUT2D eigenvalue weighted by atomic mass is 9.44. The van der Waals surface area contributed by atoms with Crippen LogP contribution in [-0.4, -0.2) is 36.4 Å². The summed E-state index contributed by atoms with van der Waals surface area (Å²) in [5.41, 5.74) is 0.602. The van der Waals surface area contributed by atoms with Crippen LogP contribution in [-0.2, 0) is 23.8 Å². The Kier molecular flexibility index (Phi) is 5.37. The summed E-state index contributed by atoms with van der Waals surface area (Å²) in [6.45, 7) is 11.6. The molecule has 6 fully saturated rings. The minimum Gasteiger partial charge on any atom is -0.463 e. The number of carbonyl (C=O) groups is 2. The second-order valence-electron chi connectivity index (χ2n) is 13.6. The van der Waals surface area contributed by atoms with E-state index >= 15 is 0 Å². The first-order valence-corrected chi connectivity index (χ1v) is 14.1. The summed E-state index contributed by atoms with van der Waals surface area (Å²) < 4.78 is 18.6. The van der Waals surface area contributed by atoms with E-state index in [0.717, 1.165) is 31.1 Å². The summed E-state index contributed by atoms with van der Waals surface area (Å²) in [5.74, 6) is 2.79. The fraction of sp³-hybridized carbons (Fsp3) is 0.931. The highest BCUT2D eigenvalue weighted by Crippen LogP contribution is 2.71. The molecule has 6 rings (SSSR count). The molecule has 34 heavy (non-hydrogen) atoms. The van der Waals surface area contributed by atoms with Gasteiger partial charge < -0.3 is 14.2 Å². The number of ketones is 1. The molecule has 0 amide bonds. The van der Waals surface area contributed by atoms with E-state index in [4.69, 9.17) is 14.2 Å². The molecule has 0 bridgehead atoms. The molecule has 0 aromatic rings. The SMILES string of the molecule is CC(=O)O[C@@H]1CC[C@@]2(C)[C@H](CC[C@@H]3[C@@H]2CC[C@]2(C)[C@@H]4[C@H](C[C@@H]32)O[C@@]2(OC[C@@H](C)CC2=O)[C@H]4C)C1. The Morgan fingerprint density at radius 3 is 2.50 bits per heavy atom. The molecule has 2 aliphatic heterocycles. The van der Waals surface area contributed by atoms with Crippen molar-refractivity contribution >= 4 is 11.8 Å². The van der Waals surface area contributed by atoms with Crippen molar-refractivity contribution < 1.29 is 23.8 Å². The molecule has 6 aliphatic rings. The van der Waals surface area contributed by atoms with Crippen LogP contribution in [0.25, 0.3) is 0 Å². The van der Waals surface area contributed by atoms with Crippen molar-refractivity contribution in [1.82, 2.24) is 0 Å². The first kappa shape index (κ1) is 23.5. The van der Waals surface area contributed by atoms with Gasteiger partial charge in [0.05, 0.1) is 12.7 Å². The number of carbonyl (C=O) groups excluding carboxylic acids is 2. The number of Topliss-reactive ketones (excluding diaryl/α,β-unsaturated/α-hetero) is 1. The normalized spacial score (nSPS) is 56.4. The van der Waals surface area contributed by atoms with E-state index in [1.807, 2.05) is 0 Å². The number of hydrogen-bond donors (Lipinski definition) is 0. The Morgan fingerprint density at radius 1 is 1.00 bits per heavy atom. The van der Waals surface area contributed by atoms with Gasteiger partial charge in [0, 0.05) is 19.3 Å². The summed E-state index contributed by atoms with van der Waals surface area (Å²) in [6, 6.07) is 0. The molecular weight excluding hydrogens is 428 g/mol. The third-order valence-corrected chi connectivity index (χ3v) is 12.0. The maximum absolute atomic E-state index is 13.2. The van der Waals surface area contributed by atoms with Gasteiger partial charge >= 0.3 is 5.97 Å². The predicted molar refractivity (Wildman–Crippen MR) is 128 cm³/mol. The maximum Gasteiger partial charge on any atom is 0.302 e. The average molecular weight is 473 g/mol. The molecule has 2 heterocycles. The van der Waals surface area contributed by atoms with Crippen molar-refractivity contribution in [2.45, 2.75) is 110 Å². The molecule has 5 heteroatoms. The highest BCUT2D eigenvalue weighted by Gasteiger charge is 2.70. The van der Waals surface area contributed by atoms with Gasteiger partial charge in [-0.1, -0.05) is 27.7 Å². The van der Waals surface area contributed by atoms with Gasteiger partial charge in [0.2, 0.25) is 5.79 Å². The quantitative estimate of drug-likeness (QED) is 0.469. The van der Waals surface area contributed by atoms with Crippen molar-refractivity contribution in [3.8, 4) is 0 Å². The van der Waals surface area contributed by atoms with Crippen molar-refractivity contribution in [3.05, 3.63) is 0 Å². The number of esters is 1. The van der Waals surface area contributed by atoms with Gasteiger partial charge in [-0.05, 0) is 97.7 Å². The average Bonchev–Trinajstić information content (AvgIpc) is 3.22. The van der Waals surface area contributed by atoms with E-state index < -0.39 is 5.79 Å². The first-order valence-electron chi connectivity index (χ1n) is 14.1. The van der Waals surface area contributed by atoms with E-state index in [2.05, 4.69) is 27.7 Å². The van der Waals surface area contributed by atoms with Crippen LogP contribution in [0.2, 0.25) is 0 Å². The Labute approximate surface area is 205 Å². The third kappa shape index (κ3) is 3.11. The molecule has 0 N–H and O–H groups in total. The van der Waals surface area contributed by atoms with E-state index in [9.17, 15) is 9.59 Å². The van der Waals surface area contributed by atoms with Gasteiger partial charge in [0.15, 0.2) is 5.78 Å². The van der Waals surface area contributed by atoms with E-state index in [1.165, 1.54) is 32.1 Å². The summed E-state index contributed by atoms with van der Waals surface area (Å²) >= 11 is 0. The van der Waals surface area contributed by atoms with E-state index in [0.29, 0.717) is 42.1 Å². The summed E-state index contributed by atoms with van der Waals surface area (Å²) in [4.78, 5) is 24.7. The fourth-order valence-corrected chi connectivity index (χ4v) is 10.5. The molecule has 190 valence electrons. The number of rotatable bonds is 1. The highest BCUT2D eigenvalue weighted by molar-refractivity contribution is 5.87. The van der Waals surface area contributed by atoms with Gasteiger partial charge in [-0.15, -0.1) is 0 Å². The van der Waals surface area contributed by atoms with Crippen molar-refractivity contribution in [2.24, 2.45) is 52.3 Å². The van der Waals surface area contributed by atoms with Gasteiger partial charge in [0.25, 0.3) is 0 Å². The Balaban J connectivity index is 1.22. The van der Waals surface area contributed by atoms with Crippen molar-refractivity contribution in [2.75, 3.05) is 6.61 Å². The first-order chi connectivity index (χ1) is 16.1. The lowest BCUT2D eigenvalue weighted by Gasteiger charge is -2.61. The number of fused-ring (bicyclic) bond motifs is 7. The van der Waals surface area contributed by atoms with Gasteiger partial charge in [0.1, 0.15) is 6.10 Å². The van der Waals surface area contributed by atoms with E-state index in [-0.39, 0.29) is 35.3 Å². The smallest absolute Gasteiger partial charge is 0.302 e. The van der Waals surface area contributed by atoms with Crippen LogP contribution in [0.15, 0.2) is 0 Å². The van der Waals surface area contributed by atoms with Crippen LogP contribution in [0.1, 0.15) is 92.4 Å². The molecular formula is C29H44O5.